The van der Waals surface area contributed by atoms with Crippen LogP contribution in [0.4, 0.5) is 18.9 Å². The third-order valence-electron chi connectivity index (χ3n) is 2.29. The zero-order valence-corrected chi connectivity index (χ0v) is 13.9. The van der Waals surface area contributed by atoms with Crippen LogP contribution in [-0.2, 0) is 4.74 Å². The first-order chi connectivity index (χ1) is 9.33. The lowest BCUT2D eigenvalue weighted by Gasteiger charge is -2.12. The minimum atomic E-state index is -4.27. The number of nitrogens with one attached hydrogen (secondary N) is 1. The Morgan fingerprint density at radius 2 is 1.90 bits per heavy atom. The van der Waals surface area contributed by atoms with Gasteiger partial charge in [0.05, 0.1) is 17.3 Å². The molecule has 1 rings (SSSR count). The lowest BCUT2D eigenvalue weighted by Crippen LogP contribution is -2.18. The van der Waals surface area contributed by atoms with Crippen molar-refractivity contribution >= 4 is 37.5 Å². The summed E-state index contributed by atoms with van der Waals surface area (Å²) in [5.41, 5.74) is 0.806. The van der Waals surface area contributed by atoms with E-state index in [-0.39, 0.29) is 6.61 Å². The highest BCUT2D eigenvalue weighted by Crippen LogP contribution is 2.34. The van der Waals surface area contributed by atoms with Gasteiger partial charge < -0.3 is 14.8 Å². The Bertz CT molecular complexity index is 441. The van der Waals surface area contributed by atoms with E-state index in [9.17, 15) is 13.2 Å². The van der Waals surface area contributed by atoms with Gasteiger partial charge in [-0.1, -0.05) is 0 Å². The fourth-order valence-corrected chi connectivity index (χ4v) is 2.70. The molecule has 0 heterocycles. The minimum absolute atomic E-state index is 0.0534. The van der Waals surface area contributed by atoms with E-state index in [1.54, 1.807) is 13.2 Å². The van der Waals surface area contributed by atoms with Gasteiger partial charge in [-0.15, -0.1) is 0 Å². The van der Waals surface area contributed by atoms with Gasteiger partial charge in [-0.05, 0) is 44.3 Å². The van der Waals surface area contributed by atoms with E-state index < -0.39 is 12.8 Å². The van der Waals surface area contributed by atoms with Crippen LogP contribution in [0.5, 0.6) is 5.75 Å². The molecule has 3 nitrogen and oxygen atoms in total. The van der Waals surface area contributed by atoms with Crippen molar-refractivity contribution < 1.29 is 22.6 Å². The normalized spacial score (nSPS) is 11.5. The number of benzene rings is 1. The van der Waals surface area contributed by atoms with Crippen molar-refractivity contribution in [3.8, 4) is 5.75 Å². The molecule has 1 aromatic rings. The molecule has 20 heavy (non-hydrogen) atoms. The number of hydrogen-bond donors (Lipinski definition) is 1. The van der Waals surface area contributed by atoms with Crippen molar-refractivity contribution in [2.24, 2.45) is 0 Å². The molecule has 0 saturated heterocycles. The molecule has 0 radical (unpaired) electrons. The Morgan fingerprint density at radius 1 is 1.20 bits per heavy atom. The number of alkyl halides is 3. The monoisotopic (exact) mass is 419 g/mol. The van der Waals surface area contributed by atoms with E-state index >= 15 is 0 Å². The SMILES string of the molecule is COc1cc(NCCCOCC(F)(F)F)c(Br)cc1Br. The molecular weight excluding hydrogens is 407 g/mol. The van der Waals surface area contributed by atoms with Gasteiger partial charge in [-0.25, -0.2) is 0 Å². The highest BCUT2D eigenvalue weighted by Gasteiger charge is 2.27. The second kappa shape index (κ2) is 8.09. The van der Waals surface area contributed by atoms with Gasteiger partial charge in [-0.3, -0.25) is 0 Å². The number of methoxy groups -OCH3 is 1. The number of hydrogen-bond acceptors (Lipinski definition) is 3. The van der Waals surface area contributed by atoms with Crippen LogP contribution in [0.1, 0.15) is 6.42 Å². The van der Waals surface area contributed by atoms with Crippen LogP contribution in [0.2, 0.25) is 0 Å². The predicted molar refractivity (Wildman–Crippen MR) is 78.4 cm³/mol. The average Bonchev–Trinajstić information content (AvgIpc) is 2.34. The first-order valence-corrected chi connectivity index (χ1v) is 7.33. The Kier molecular flexibility index (Phi) is 7.11. The summed E-state index contributed by atoms with van der Waals surface area (Å²) in [5.74, 6) is 0.670. The van der Waals surface area contributed by atoms with Crippen molar-refractivity contribution in [1.82, 2.24) is 0 Å². The third kappa shape index (κ3) is 6.32. The minimum Gasteiger partial charge on any atom is -0.495 e. The fraction of sp³-hybridized carbons (Fsp3) is 0.500. The molecule has 114 valence electrons. The Hall–Kier alpha value is -0.470. The maximum absolute atomic E-state index is 11.8. The van der Waals surface area contributed by atoms with Crippen LogP contribution >= 0.6 is 31.9 Å². The number of rotatable bonds is 7. The number of anilines is 1. The van der Waals surface area contributed by atoms with Crippen molar-refractivity contribution in [2.75, 3.05) is 32.2 Å². The Morgan fingerprint density at radius 3 is 2.50 bits per heavy atom. The van der Waals surface area contributed by atoms with Gasteiger partial charge in [-0.2, -0.15) is 13.2 Å². The van der Waals surface area contributed by atoms with Crippen molar-refractivity contribution in [1.29, 1.82) is 0 Å². The largest absolute Gasteiger partial charge is 0.495 e. The average molecular weight is 421 g/mol. The molecule has 1 aromatic carbocycles. The Labute approximate surface area is 132 Å². The maximum Gasteiger partial charge on any atom is 0.411 e. The second-order valence-corrected chi connectivity index (χ2v) is 5.62. The third-order valence-corrected chi connectivity index (χ3v) is 3.56. The molecular formula is C12H14Br2F3NO2. The van der Waals surface area contributed by atoms with Gasteiger partial charge in [0.15, 0.2) is 0 Å². The molecule has 0 atom stereocenters. The maximum atomic E-state index is 11.8. The topological polar surface area (TPSA) is 30.5 Å². The number of ether oxygens (including phenoxy) is 2. The first-order valence-electron chi connectivity index (χ1n) is 5.75. The lowest BCUT2D eigenvalue weighted by atomic mass is 10.3. The molecule has 0 aromatic heterocycles. The van der Waals surface area contributed by atoms with E-state index in [0.717, 1.165) is 14.6 Å². The molecule has 0 aliphatic rings. The Balaban J connectivity index is 2.35. The van der Waals surface area contributed by atoms with Gasteiger partial charge in [0.1, 0.15) is 12.4 Å². The van der Waals surface area contributed by atoms with Crippen molar-refractivity contribution in [2.45, 2.75) is 12.6 Å². The van der Waals surface area contributed by atoms with Gasteiger partial charge in [0.2, 0.25) is 0 Å². The molecule has 0 fully saturated rings. The van der Waals surface area contributed by atoms with Crippen LogP contribution in [0.25, 0.3) is 0 Å². The summed E-state index contributed by atoms with van der Waals surface area (Å²) < 4.78 is 46.8. The summed E-state index contributed by atoms with van der Waals surface area (Å²) in [6.07, 6.45) is -3.80. The van der Waals surface area contributed by atoms with E-state index in [1.807, 2.05) is 6.07 Å². The van der Waals surface area contributed by atoms with Crippen LogP contribution in [0.15, 0.2) is 21.1 Å². The van der Waals surface area contributed by atoms with Crippen molar-refractivity contribution in [3.05, 3.63) is 21.1 Å². The van der Waals surface area contributed by atoms with Gasteiger partial charge >= 0.3 is 6.18 Å². The standard InChI is InChI=1S/C12H14Br2F3NO2/c1-19-11-6-10(8(13)5-9(11)14)18-3-2-4-20-7-12(15,16)17/h5-6,18H,2-4,7H2,1H3. The van der Waals surface area contributed by atoms with E-state index in [4.69, 9.17) is 4.74 Å². The lowest BCUT2D eigenvalue weighted by molar-refractivity contribution is -0.173. The molecule has 0 aliphatic heterocycles. The summed E-state index contributed by atoms with van der Waals surface area (Å²) >= 11 is 6.74. The van der Waals surface area contributed by atoms with Crippen LogP contribution in [-0.4, -0.2) is 33.0 Å². The molecule has 0 spiro atoms. The van der Waals surface area contributed by atoms with E-state index in [2.05, 4.69) is 41.9 Å². The van der Waals surface area contributed by atoms with Gasteiger partial charge in [0, 0.05) is 23.7 Å². The zero-order valence-electron chi connectivity index (χ0n) is 10.7. The first kappa shape index (κ1) is 17.6. The van der Waals surface area contributed by atoms with Crippen LogP contribution < -0.4 is 10.1 Å². The van der Waals surface area contributed by atoms with Gasteiger partial charge in [0.25, 0.3) is 0 Å². The molecule has 8 heteroatoms. The molecule has 0 bridgehead atoms. The highest BCUT2D eigenvalue weighted by atomic mass is 79.9. The predicted octanol–water partition coefficient (Wildman–Crippen LogP) is 4.60. The molecule has 1 N–H and O–H groups in total. The summed E-state index contributed by atoms with van der Waals surface area (Å²) in [6, 6.07) is 3.63. The molecule has 0 unspecified atom stereocenters. The smallest absolute Gasteiger partial charge is 0.411 e. The summed E-state index contributed by atoms with van der Waals surface area (Å²) in [6.45, 7) is -0.651. The fourth-order valence-electron chi connectivity index (χ4n) is 1.41. The summed E-state index contributed by atoms with van der Waals surface area (Å²) in [4.78, 5) is 0. The van der Waals surface area contributed by atoms with Crippen LogP contribution in [0, 0.1) is 0 Å². The summed E-state index contributed by atoms with van der Waals surface area (Å²) in [5, 5.41) is 3.10. The quantitative estimate of drug-likeness (QED) is 0.654. The van der Waals surface area contributed by atoms with Crippen LogP contribution in [0.3, 0.4) is 0 Å². The number of halogens is 5. The van der Waals surface area contributed by atoms with Crippen molar-refractivity contribution in [3.63, 3.8) is 0 Å². The van der Waals surface area contributed by atoms with E-state index in [0.29, 0.717) is 18.7 Å². The molecule has 0 saturated carbocycles. The highest BCUT2D eigenvalue weighted by molar-refractivity contribution is 9.11. The summed E-state index contributed by atoms with van der Waals surface area (Å²) in [7, 11) is 1.56. The zero-order chi connectivity index (χ0) is 15.2. The van der Waals surface area contributed by atoms with E-state index in [1.165, 1.54) is 0 Å². The molecule has 0 aliphatic carbocycles. The molecule has 0 amide bonds. The second-order valence-electron chi connectivity index (χ2n) is 3.91.